The smallest absolute Gasteiger partial charge is 0.329 e. The maximum atomic E-state index is 14.4. The number of esters is 1. The van der Waals surface area contributed by atoms with Crippen LogP contribution in [0.2, 0.25) is 0 Å². The van der Waals surface area contributed by atoms with Crippen LogP contribution in [0.15, 0.2) is 43.0 Å². The van der Waals surface area contributed by atoms with Crippen LogP contribution >= 0.6 is 0 Å². The number of fused-ring (bicyclic) bond motifs is 1. The van der Waals surface area contributed by atoms with E-state index >= 15 is 0 Å². The topological polar surface area (TPSA) is 163 Å². The molecule has 3 aliphatic rings. The first-order valence-electron chi connectivity index (χ1n) is 18.2. The highest BCUT2D eigenvalue weighted by molar-refractivity contribution is 6.38. The molecule has 1 saturated heterocycles. The second kappa shape index (κ2) is 17.6. The van der Waals surface area contributed by atoms with Crippen LogP contribution in [0, 0.1) is 23.2 Å². The Morgan fingerprint density at radius 1 is 0.960 bits per heavy atom. The molecule has 4 N–H and O–H groups in total. The summed E-state index contributed by atoms with van der Waals surface area (Å²) in [6.07, 6.45) is 8.41. The lowest BCUT2D eigenvalue weighted by atomic mass is 9.73. The normalized spacial score (nSPS) is 22.1. The van der Waals surface area contributed by atoms with Crippen molar-refractivity contribution in [1.29, 1.82) is 0 Å². The molecule has 12 nitrogen and oxygen atoms in total. The molecule has 1 aromatic rings. The van der Waals surface area contributed by atoms with Crippen molar-refractivity contribution in [3.63, 3.8) is 0 Å². The Morgan fingerprint density at radius 2 is 1.66 bits per heavy atom. The molecule has 0 bridgehead atoms. The summed E-state index contributed by atoms with van der Waals surface area (Å²) >= 11 is 0. The Balaban J connectivity index is 1.49. The van der Waals surface area contributed by atoms with E-state index < -0.39 is 65.1 Å². The number of hydrogen-bond donors (Lipinski definition) is 4. The number of Topliss-reactive ketones (excluding diaryl/α,β-unsaturated/α-hetero) is 1. The second-order valence-corrected chi connectivity index (χ2v) is 15.0. The van der Waals surface area contributed by atoms with E-state index in [1.165, 1.54) is 11.0 Å². The van der Waals surface area contributed by atoms with E-state index in [1.54, 1.807) is 0 Å². The van der Waals surface area contributed by atoms with Crippen molar-refractivity contribution in [2.75, 3.05) is 13.1 Å². The zero-order chi connectivity index (χ0) is 36.4. The Hall–Kier alpha value is -4.22. The number of ether oxygens (including phenoxy) is 1. The van der Waals surface area contributed by atoms with Gasteiger partial charge in [0.15, 0.2) is 0 Å². The fourth-order valence-corrected chi connectivity index (χ4v) is 7.41. The number of carbonyl (C=O) groups excluding carboxylic acids is 6. The molecule has 1 aliphatic heterocycles. The van der Waals surface area contributed by atoms with E-state index in [9.17, 15) is 28.8 Å². The van der Waals surface area contributed by atoms with E-state index in [0.29, 0.717) is 13.0 Å². The number of urea groups is 1. The van der Waals surface area contributed by atoms with Gasteiger partial charge in [-0.3, -0.25) is 19.2 Å². The maximum Gasteiger partial charge on any atom is 0.329 e. The van der Waals surface area contributed by atoms with Gasteiger partial charge in [0, 0.05) is 13.1 Å². The number of amides is 5. The first kappa shape index (κ1) is 38.6. The molecular formula is C38H55N5O7. The van der Waals surface area contributed by atoms with E-state index in [4.69, 9.17) is 4.74 Å². The monoisotopic (exact) mass is 693 g/mol. The summed E-state index contributed by atoms with van der Waals surface area (Å²) in [5, 5.41) is 11.0. The van der Waals surface area contributed by atoms with Crippen LogP contribution in [0.1, 0.15) is 91.0 Å². The van der Waals surface area contributed by atoms with E-state index in [1.807, 2.05) is 58.0 Å². The van der Waals surface area contributed by atoms with Gasteiger partial charge in [-0.15, -0.1) is 6.58 Å². The highest BCUT2D eigenvalue weighted by atomic mass is 16.5. The summed E-state index contributed by atoms with van der Waals surface area (Å²) in [5.41, 5.74) is 0.0838. The van der Waals surface area contributed by atoms with Crippen molar-refractivity contribution in [3.8, 4) is 0 Å². The summed E-state index contributed by atoms with van der Waals surface area (Å²) < 4.78 is 5.66. The number of nitrogens with zero attached hydrogens (tertiary/aromatic N) is 1. The van der Waals surface area contributed by atoms with Gasteiger partial charge in [0.1, 0.15) is 24.7 Å². The Bertz CT molecular complexity index is 1390. The molecule has 1 heterocycles. The van der Waals surface area contributed by atoms with Gasteiger partial charge >= 0.3 is 12.0 Å². The van der Waals surface area contributed by atoms with Crippen LogP contribution in [0.4, 0.5) is 4.79 Å². The Kier molecular flexibility index (Phi) is 13.6. The summed E-state index contributed by atoms with van der Waals surface area (Å²) in [6.45, 7) is 11.5. The van der Waals surface area contributed by atoms with Gasteiger partial charge in [0.2, 0.25) is 17.6 Å². The molecule has 0 radical (unpaired) electrons. The van der Waals surface area contributed by atoms with Gasteiger partial charge in [-0.2, -0.15) is 0 Å². The maximum absolute atomic E-state index is 14.4. The molecule has 1 aromatic carbocycles. The Morgan fingerprint density at radius 3 is 2.26 bits per heavy atom. The molecule has 274 valence electrons. The average Bonchev–Trinajstić information content (AvgIpc) is 3.36. The largest absolute Gasteiger partial charge is 0.459 e. The van der Waals surface area contributed by atoms with Crippen molar-refractivity contribution in [3.05, 3.63) is 48.6 Å². The highest BCUT2D eigenvalue weighted by Crippen LogP contribution is 2.45. The van der Waals surface area contributed by atoms with Crippen LogP contribution < -0.4 is 21.3 Å². The molecule has 4 rings (SSSR count). The fourth-order valence-electron chi connectivity index (χ4n) is 7.41. The minimum atomic E-state index is -1.03. The number of ketones is 1. The number of rotatable bonds is 15. The Labute approximate surface area is 295 Å². The van der Waals surface area contributed by atoms with Gasteiger partial charge in [-0.1, -0.05) is 89.8 Å². The van der Waals surface area contributed by atoms with Crippen molar-refractivity contribution in [1.82, 2.24) is 26.2 Å². The van der Waals surface area contributed by atoms with Gasteiger partial charge in [-0.05, 0) is 60.8 Å². The molecule has 2 saturated carbocycles. The van der Waals surface area contributed by atoms with Gasteiger partial charge < -0.3 is 30.9 Å². The number of benzene rings is 1. The van der Waals surface area contributed by atoms with Crippen LogP contribution in [-0.2, 0) is 35.3 Å². The quantitative estimate of drug-likeness (QED) is 0.123. The lowest BCUT2D eigenvalue weighted by molar-refractivity contribution is -0.149. The number of nitrogens with one attached hydrogen (secondary N) is 4. The van der Waals surface area contributed by atoms with Crippen molar-refractivity contribution < 1.29 is 33.5 Å². The van der Waals surface area contributed by atoms with E-state index in [2.05, 4.69) is 27.8 Å². The van der Waals surface area contributed by atoms with Crippen LogP contribution in [-0.4, -0.2) is 77.7 Å². The lowest BCUT2D eigenvalue weighted by Gasteiger charge is -2.37. The lowest BCUT2D eigenvalue weighted by Crippen LogP contribution is -2.62. The van der Waals surface area contributed by atoms with E-state index in [-0.39, 0.29) is 37.3 Å². The standard InChI is InChI=1S/C38H55N5O7/c1-6-14-28(31(44)34(46)39-21-7-2)40-33(45)30-27-20-19-26(27)22-43(30)35(47)32(38(3,4)5)42-37(49)41-29(25-17-12-9-13-18-25)36(48)50-23-24-15-10-8-11-16-24/h7-8,10-11,15-16,25-30,32H,2,6,9,12-14,17-23H2,1,3-5H3,(H,39,46)(H,40,45)(H2,41,42,49)/t26-,27-,28?,29-,30-,32+/m0/s1. The van der Waals surface area contributed by atoms with E-state index in [0.717, 1.165) is 50.5 Å². The minimum absolute atomic E-state index is 0.0836. The molecule has 3 fully saturated rings. The molecule has 1 unspecified atom stereocenters. The molecule has 50 heavy (non-hydrogen) atoms. The van der Waals surface area contributed by atoms with Crippen LogP contribution in [0.25, 0.3) is 0 Å². The molecule has 12 heteroatoms. The third-order valence-corrected chi connectivity index (χ3v) is 10.3. The zero-order valence-electron chi connectivity index (χ0n) is 30.0. The molecule has 5 amide bonds. The predicted molar refractivity (Wildman–Crippen MR) is 188 cm³/mol. The van der Waals surface area contributed by atoms with Crippen LogP contribution in [0.5, 0.6) is 0 Å². The number of likely N-dealkylation sites (tertiary alicyclic amines) is 1. The molecular weight excluding hydrogens is 638 g/mol. The average molecular weight is 694 g/mol. The summed E-state index contributed by atoms with van der Waals surface area (Å²) in [7, 11) is 0. The van der Waals surface area contributed by atoms with Crippen molar-refractivity contribution in [2.45, 2.75) is 116 Å². The van der Waals surface area contributed by atoms with Gasteiger partial charge in [-0.25, -0.2) is 9.59 Å². The first-order chi connectivity index (χ1) is 23.8. The van der Waals surface area contributed by atoms with Gasteiger partial charge in [0.25, 0.3) is 5.91 Å². The molecule has 0 spiro atoms. The third-order valence-electron chi connectivity index (χ3n) is 10.3. The fraction of sp³-hybridized carbons (Fsp3) is 0.632. The molecule has 2 aliphatic carbocycles. The molecule has 6 atom stereocenters. The summed E-state index contributed by atoms with van der Waals surface area (Å²) in [6, 6.07) is 4.90. The number of carbonyl (C=O) groups is 6. The predicted octanol–water partition coefficient (Wildman–Crippen LogP) is 3.79. The number of hydrogen-bond acceptors (Lipinski definition) is 7. The van der Waals surface area contributed by atoms with Crippen LogP contribution in [0.3, 0.4) is 0 Å². The SMILES string of the molecule is C=CCNC(=O)C(=O)C(CCC)NC(=O)[C@@H]1[C@H]2CC[C@H]2CN1C(=O)[C@@H](NC(=O)N[C@H](C(=O)OCc1ccccc1)C1CCCCC1)C(C)(C)C. The second-order valence-electron chi connectivity index (χ2n) is 15.0. The third kappa shape index (κ3) is 9.72. The van der Waals surface area contributed by atoms with Gasteiger partial charge in [0.05, 0.1) is 6.04 Å². The van der Waals surface area contributed by atoms with Crippen molar-refractivity contribution >= 4 is 35.5 Å². The highest BCUT2D eigenvalue weighted by Gasteiger charge is 2.54. The summed E-state index contributed by atoms with van der Waals surface area (Å²) in [4.78, 5) is 82.3. The minimum Gasteiger partial charge on any atom is -0.459 e. The summed E-state index contributed by atoms with van der Waals surface area (Å²) in [5.74, 6) is -3.02. The van der Waals surface area contributed by atoms with Crippen molar-refractivity contribution in [2.24, 2.45) is 23.2 Å². The molecule has 0 aromatic heterocycles. The first-order valence-corrected chi connectivity index (χ1v) is 18.2. The zero-order valence-corrected chi connectivity index (χ0v) is 30.0.